The van der Waals surface area contributed by atoms with Gasteiger partial charge in [0, 0.05) is 32.1 Å². The SMILES string of the molecule is OC12CCNCC1CN(Cc1ccc(Oc3ccccc3)cc1)CC2. The lowest BCUT2D eigenvalue weighted by molar-refractivity contribution is -0.0899. The second-order valence-corrected chi connectivity index (χ2v) is 7.30. The summed E-state index contributed by atoms with van der Waals surface area (Å²) < 4.78 is 5.85. The van der Waals surface area contributed by atoms with E-state index in [-0.39, 0.29) is 0 Å². The van der Waals surface area contributed by atoms with Gasteiger partial charge in [-0.05, 0) is 49.2 Å². The number of para-hydroxylation sites is 1. The van der Waals surface area contributed by atoms with E-state index in [4.69, 9.17) is 4.74 Å². The van der Waals surface area contributed by atoms with E-state index in [9.17, 15) is 5.11 Å². The van der Waals surface area contributed by atoms with Crippen LogP contribution in [0.1, 0.15) is 18.4 Å². The molecule has 4 rings (SSSR count). The lowest BCUT2D eigenvalue weighted by Gasteiger charge is -2.47. The van der Waals surface area contributed by atoms with Crippen molar-refractivity contribution >= 4 is 0 Å². The molecule has 2 saturated heterocycles. The summed E-state index contributed by atoms with van der Waals surface area (Å²) in [6.07, 6.45) is 1.77. The molecule has 2 aliphatic rings. The Kier molecular flexibility index (Phi) is 4.75. The van der Waals surface area contributed by atoms with Crippen LogP contribution in [0, 0.1) is 5.92 Å². The number of benzene rings is 2. The van der Waals surface area contributed by atoms with Gasteiger partial charge in [0.25, 0.3) is 0 Å². The van der Waals surface area contributed by atoms with Crippen LogP contribution >= 0.6 is 0 Å². The topological polar surface area (TPSA) is 44.7 Å². The van der Waals surface area contributed by atoms with Crippen LogP contribution in [-0.4, -0.2) is 41.8 Å². The van der Waals surface area contributed by atoms with Crippen molar-refractivity contribution < 1.29 is 9.84 Å². The molecule has 2 aromatic carbocycles. The summed E-state index contributed by atoms with van der Waals surface area (Å²) in [5.41, 5.74) is 0.837. The minimum atomic E-state index is -0.449. The van der Waals surface area contributed by atoms with Crippen LogP contribution in [0.4, 0.5) is 0 Å². The summed E-state index contributed by atoms with van der Waals surface area (Å²) in [5.74, 6) is 2.06. The summed E-state index contributed by atoms with van der Waals surface area (Å²) >= 11 is 0. The number of hydrogen-bond acceptors (Lipinski definition) is 4. The van der Waals surface area contributed by atoms with Gasteiger partial charge in [0.1, 0.15) is 11.5 Å². The highest BCUT2D eigenvalue weighted by atomic mass is 16.5. The quantitative estimate of drug-likeness (QED) is 0.899. The molecular weight excluding hydrogens is 312 g/mol. The Morgan fingerprint density at radius 2 is 1.80 bits per heavy atom. The molecule has 0 spiro atoms. The highest BCUT2D eigenvalue weighted by Gasteiger charge is 2.42. The molecule has 2 unspecified atom stereocenters. The van der Waals surface area contributed by atoms with Gasteiger partial charge in [-0.2, -0.15) is 0 Å². The van der Waals surface area contributed by atoms with E-state index in [1.54, 1.807) is 0 Å². The smallest absolute Gasteiger partial charge is 0.127 e. The third kappa shape index (κ3) is 3.87. The summed E-state index contributed by atoms with van der Waals surface area (Å²) in [6.45, 7) is 4.73. The molecule has 2 atom stereocenters. The fraction of sp³-hybridized carbons (Fsp3) is 0.429. The molecule has 0 bridgehead atoms. The fourth-order valence-electron chi connectivity index (χ4n) is 3.98. The van der Waals surface area contributed by atoms with E-state index < -0.39 is 5.60 Å². The number of nitrogens with zero attached hydrogens (tertiary/aromatic N) is 1. The van der Waals surface area contributed by atoms with Crippen molar-refractivity contribution in [1.82, 2.24) is 10.2 Å². The molecule has 0 aromatic heterocycles. The van der Waals surface area contributed by atoms with Crippen molar-refractivity contribution in [3.63, 3.8) is 0 Å². The molecule has 0 aliphatic carbocycles. The van der Waals surface area contributed by atoms with Crippen LogP contribution in [0.3, 0.4) is 0 Å². The van der Waals surface area contributed by atoms with E-state index in [2.05, 4.69) is 22.3 Å². The molecule has 25 heavy (non-hydrogen) atoms. The van der Waals surface area contributed by atoms with Gasteiger partial charge < -0.3 is 15.2 Å². The van der Waals surface area contributed by atoms with Gasteiger partial charge in [-0.15, -0.1) is 0 Å². The second kappa shape index (κ2) is 7.16. The Balaban J connectivity index is 1.35. The molecule has 2 aromatic rings. The predicted molar refractivity (Wildman–Crippen MR) is 98.8 cm³/mol. The molecule has 2 fully saturated rings. The highest BCUT2D eigenvalue weighted by Crippen LogP contribution is 2.33. The van der Waals surface area contributed by atoms with E-state index >= 15 is 0 Å². The van der Waals surface area contributed by atoms with Crippen LogP contribution < -0.4 is 10.1 Å². The van der Waals surface area contributed by atoms with Crippen LogP contribution in [0.2, 0.25) is 0 Å². The molecule has 0 radical (unpaired) electrons. The Bertz CT molecular complexity index is 689. The van der Waals surface area contributed by atoms with Gasteiger partial charge >= 0.3 is 0 Å². The molecule has 2 aliphatic heterocycles. The van der Waals surface area contributed by atoms with E-state index in [1.807, 2.05) is 42.5 Å². The standard InChI is InChI=1S/C21H26N2O2/c24-21-10-12-22-14-18(21)16-23(13-11-21)15-17-6-8-20(9-7-17)25-19-4-2-1-3-5-19/h1-9,18,22,24H,10-16H2. The fourth-order valence-corrected chi connectivity index (χ4v) is 3.98. The number of nitrogens with one attached hydrogen (secondary N) is 1. The van der Waals surface area contributed by atoms with Crippen LogP contribution in [0.25, 0.3) is 0 Å². The lowest BCUT2D eigenvalue weighted by Crippen LogP contribution is -2.58. The third-order valence-corrected chi connectivity index (χ3v) is 5.53. The second-order valence-electron chi connectivity index (χ2n) is 7.30. The summed E-state index contributed by atoms with van der Waals surface area (Å²) in [7, 11) is 0. The minimum Gasteiger partial charge on any atom is -0.457 e. The number of hydrogen-bond donors (Lipinski definition) is 2. The van der Waals surface area contributed by atoms with Gasteiger partial charge in [-0.3, -0.25) is 4.90 Å². The molecule has 2 N–H and O–H groups in total. The first-order valence-electron chi connectivity index (χ1n) is 9.19. The number of likely N-dealkylation sites (tertiary alicyclic amines) is 1. The first kappa shape index (κ1) is 16.6. The zero-order valence-electron chi connectivity index (χ0n) is 14.5. The molecular formula is C21H26N2O2. The van der Waals surface area contributed by atoms with Crippen molar-refractivity contribution in [2.24, 2.45) is 5.92 Å². The van der Waals surface area contributed by atoms with Crippen LogP contribution in [0.5, 0.6) is 11.5 Å². The average molecular weight is 338 g/mol. The first-order valence-corrected chi connectivity index (χ1v) is 9.19. The van der Waals surface area contributed by atoms with Crippen molar-refractivity contribution in [1.29, 1.82) is 0 Å². The predicted octanol–water partition coefficient (Wildman–Crippen LogP) is 3.03. The van der Waals surface area contributed by atoms with Crippen LogP contribution in [-0.2, 0) is 6.54 Å². The molecule has 0 amide bonds. The van der Waals surface area contributed by atoms with Crippen molar-refractivity contribution in [2.45, 2.75) is 25.0 Å². The Morgan fingerprint density at radius 1 is 1.04 bits per heavy atom. The van der Waals surface area contributed by atoms with Crippen molar-refractivity contribution in [3.8, 4) is 11.5 Å². The maximum absolute atomic E-state index is 10.8. The third-order valence-electron chi connectivity index (χ3n) is 5.53. The summed E-state index contributed by atoms with van der Waals surface area (Å²) in [5, 5.41) is 14.2. The lowest BCUT2D eigenvalue weighted by atomic mass is 9.76. The number of rotatable bonds is 4. The molecule has 4 heteroatoms. The Hall–Kier alpha value is -1.88. The van der Waals surface area contributed by atoms with Gasteiger partial charge in [-0.25, -0.2) is 0 Å². The number of aliphatic hydroxyl groups is 1. The van der Waals surface area contributed by atoms with Gasteiger partial charge in [0.2, 0.25) is 0 Å². The summed E-state index contributed by atoms with van der Waals surface area (Å²) in [4.78, 5) is 2.46. The van der Waals surface area contributed by atoms with E-state index in [1.165, 1.54) is 5.56 Å². The molecule has 0 saturated carbocycles. The number of ether oxygens (including phenoxy) is 1. The minimum absolute atomic E-state index is 0.343. The van der Waals surface area contributed by atoms with E-state index in [0.29, 0.717) is 5.92 Å². The van der Waals surface area contributed by atoms with E-state index in [0.717, 1.165) is 57.1 Å². The maximum Gasteiger partial charge on any atom is 0.127 e. The maximum atomic E-state index is 10.8. The first-order chi connectivity index (χ1) is 12.2. The summed E-state index contributed by atoms with van der Waals surface area (Å²) in [6, 6.07) is 18.2. The monoisotopic (exact) mass is 338 g/mol. The number of fused-ring (bicyclic) bond motifs is 1. The molecule has 4 nitrogen and oxygen atoms in total. The van der Waals surface area contributed by atoms with Crippen LogP contribution in [0.15, 0.2) is 54.6 Å². The molecule has 2 heterocycles. The van der Waals surface area contributed by atoms with Crippen molar-refractivity contribution in [3.05, 3.63) is 60.2 Å². The Morgan fingerprint density at radius 3 is 2.60 bits per heavy atom. The Labute approximate surface area is 149 Å². The van der Waals surface area contributed by atoms with Gasteiger partial charge in [0.05, 0.1) is 5.60 Å². The number of piperidine rings is 2. The zero-order chi connectivity index (χ0) is 17.1. The highest BCUT2D eigenvalue weighted by molar-refractivity contribution is 5.33. The average Bonchev–Trinajstić information content (AvgIpc) is 2.64. The van der Waals surface area contributed by atoms with Gasteiger partial charge in [0.15, 0.2) is 0 Å². The zero-order valence-corrected chi connectivity index (χ0v) is 14.5. The molecule has 132 valence electrons. The van der Waals surface area contributed by atoms with Crippen molar-refractivity contribution in [2.75, 3.05) is 26.2 Å². The van der Waals surface area contributed by atoms with Gasteiger partial charge in [-0.1, -0.05) is 30.3 Å². The largest absolute Gasteiger partial charge is 0.457 e. The normalized spacial score (nSPS) is 26.8.